The largest absolute Gasteiger partial charge is 0.369 e. The molecule has 0 radical (unpaired) electrons. The molecule has 2 aliphatic rings. The molecule has 0 bridgehead atoms. The molecule has 1 fully saturated rings. The van der Waals surface area contributed by atoms with Crippen LogP contribution >= 0.6 is 0 Å². The van der Waals surface area contributed by atoms with Crippen molar-refractivity contribution in [2.24, 2.45) is 0 Å². The third-order valence-corrected chi connectivity index (χ3v) is 5.27. The van der Waals surface area contributed by atoms with E-state index in [1.54, 1.807) is 11.1 Å². The van der Waals surface area contributed by atoms with Crippen LogP contribution in [0.1, 0.15) is 37.3 Å². The molecular weight excluding hydrogens is 270 g/mol. The van der Waals surface area contributed by atoms with Crippen LogP contribution in [0.15, 0.2) is 18.2 Å². The maximum Gasteiger partial charge on any atom is 0.0403 e. The molecule has 1 N–H and O–H groups in total. The van der Waals surface area contributed by atoms with Crippen LogP contribution in [0, 0.1) is 0 Å². The SMILES string of the molecule is CCCCN[C@@H]1CCc2cccc(N3CCN(C)CC3)c2C1. The van der Waals surface area contributed by atoms with Gasteiger partial charge in [0.25, 0.3) is 0 Å². The van der Waals surface area contributed by atoms with Crippen LogP contribution in [0.5, 0.6) is 0 Å². The van der Waals surface area contributed by atoms with Gasteiger partial charge in [-0.2, -0.15) is 0 Å². The quantitative estimate of drug-likeness (QED) is 0.844. The Morgan fingerprint density at radius 3 is 2.77 bits per heavy atom. The monoisotopic (exact) mass is 301 g/mol. The smallest absolute Gasteiger partial charge is 0.0403 e. The first kappa shape index (κ1) is 15.8. The molecule has 1 aliphatic heterocycles. The van der Waals surface area contributed by atoms with Gasteiger partial charge in [-0.25, -0.2) is 0 Å². The third-order valence-electron chi connectivity index (χ3n) is 5.27. The number of anilines is 1. The molecule has 1 saturated heterocycles. The molecule has 0 spiro atoms. The van der Waals surface area contributed by atoms with Gasteiger partial charge in [-0.15, -0.1) is 0 Å². The second-order valence-corrected chi connectivity index (χ2v) is 6.95. The fourth-order valence-electron chi connectivity index (χ4n) is 3.77. The van der Waals surface area contributed by atoms with E-state index in [-0.39, 0.29) is 0 Å². The number of unbranched alkanes of at least 4 members (excludes halogenated alkanes) is 1. The number of likely N-dealkylation sites (N-methyl/N-ethyl adjacent to an activating group) is 1. The molecule has 1 aromatic carbocycles. The van der Waals surface area contributed by atoms with Crippen LogP contribution in [0.3, 0.4) is 0 Å². The van der Waals surface area contributed by atoms with Crippen LogP contribution in [0.4, 0.5) is 5.69 Å². The Morgan fingerprint density at radius 2 is 2.00 bits per heavy atom. The first-order valence-corrected chi connectivity index (χ1v) is 9.05. The maximum absolute atomic E-state index is 3.77. The van der Waals surface area contributed by atoms with Crippen molar-refractivity contribution in [1.82, 2.24) is 10.2 Å². The molecule has 0 unspecified atom stereocenters. The Hall–Kier alpha value is -1.06. The first-order valence-electron chi connectivity index (χ1n) is 9.05. The van der Waals surface area contributed by atoms with Gasteiger partial charge in [0.05, 0.1) is 0 Å². The zero-order valence-corrected chi connectivity index (χ0v) is 14.3. The van der Waals surface area contributed by atoms with E-state index in [1.807, 2.05) is 0 Å². The summed E-state index contributed by atoms with van der Waals surface area (Å²) in [6.45, 7) is 8.14. The molecule has 1 heterocycles. The van der Waals surface area contributed by atoms with E-state index >= 15 is 0 Å². The minimum atomic E-state index is 0.674. The average molecular weight is 301 g/mol. The van der Waals surface area contributed by atoms with Gasteiger partial charge in [0.1, 0.15) is 0 Å². The van der Waals surface area contributed by atoms with Crippen molar-refractivity contribution in [2.45, 2.75) is 45.1 Å². The zero-order chi connectivity index (χ0) is 15.4. The fourth-order valence-corrected chi connectivity index (χ4v) is 3.77. The lowest BCUT2D eigenvalue weighted by molar-refractivity contribution is 0.312. The second-order valence-electron chi connectivity index (χ2n) is 6.95. The third kappa shape index (κ3) is 3.64. The molecule has 1 aliphatic carbocycles. The van der Waals surface area contributed by atoms with E-state index in [4.69, 9.17) is 0 Å². The minimum absolute atomic E-state index is 0.674. The van der Waals surface area contributed by atoms with Gasteiger partial charge in [-0.05, 0) is 56.5 Å². The summed E-state index contributed by atoms with van der Waals surface area (Å²) in [5.74, 6) is 0. The second kappa shape index (κ2) is 7.47. The normalized spacial score (nSPS) is 22.6. The van der Waals surface area contributed by atoms with Gasteiger partial charge in [-0.1, -0.05) is 25.5 Å². The summed E-state index contributed by atoms with van der Waals surface area (Å²) in [4.78, 5) is 5.04. The van der Waals surface area contributed by atoms with E-state index in [2.05, 4.69) is 47.3 Å². The topological polar surface area (TPSA) is 18.5 Å². The standard InChI is InChI=1S/C19H31N3/c1-3-4-10-20-17-9-8-16-6-5-7-19(18(16)15-17)22-13-11-21(2)12-14-22/h5-7,17,20H,3-4,8-15H2,1-2H3/t17-/m1/s1. The molecule has 22 heavy (non-hydrogen) atoms. The molecule has 122 valence electrons. The van der Waals surface area contributed by atoms with E-state index in [1.165, 1.54) is 70.5 Å². The summed E-state index contributed by atoms with van der Waals surface area (Å²) in [5.41, 5.74) is 4.71. The van der Waals surface area contributed by atoms with Crippen molar-refractivity contribution in [3.8, 4) is 0 Å². The van der Waals surface area contributed by atoms with Crippen molar-refractivity contribution in [3.05, 3.63) is 29.3 Å². The van der Waals surface area contributed by atoms with Crippen molar-refractivity contribution in [2.75, 3.05) is 44.7 Å². The first-order chi connectivity index (χ1) is 10.8. The highest BCUT2D eigenvalue weighted by Crippen LogP contribution is 2.31. The number of piperazine rings is 1. The predicted molar refractivity (Wildman–Crippen MR) is 94.9 cm³/mol. The molecule has 1 aromatic rings. The molecule has 3 nitrogen and oxygen atoms in total. The van der Waals surface area contributed by atoms with Gasteiger partial charge < -0.3 is 15.1 Å². The molecule has 0 aromatic heterocycles. The number of fused-ring (bicyclic) bond motifs is 1. The highest BCUT2D eigenvalue weighted by molar-refractivity contribution is 5.58. The van der Waals surface area contributed by atoms with Gasteiger partial charge >= 0.3 is 0 Å². The molecule has 3 heteroatoms. The summed E-state index contributed by atoms with van der Waals surface area (Å²) < 4.78 is 0. The Morgan fingerprint density at radius 1 is 1.18 bits per heavy atom. The van der Waals surface area contributed by atoms with E-state index in [0.29, 0.717) is 6.04 Å². The van der Waals surface area contributed by atoms with Crippen molar-refractivity contribution < 1.29 is 0 Å². The van der Waals surface area contributed by atoms with Crippen LogP contribution in [0.2, 0.25) is 0 Å². The van der Waals surface area contributed by atoms with Gasteiger partial charge in [0, 0.05) is 37.9 Å². The fraction of sp³-hybridized carbons (Fsp3) is 0.684. The highest BCUT2D eigenvalue weighted by Gasteiger charge is 2.24. The predicted octanol–water partition coefficient (Wildman–Crippen LogP) is 2.69. The molecule has 0 saturated carbocycles. The van der Waals surface area contributed by atoms with Crippen LogP contribution < -0.4 is 10.2 Å². The minimum Gasteiger partial charge on any atom is -0.369 e. The Kier molecular flexibility index (Phi) is 5.37. The molecule has 0 amide bonds. The number of rotatable bonds is 5. The summed E-state index contributed by atoms with van der Waals surface area (Å²) in [6.07, 6.45) is 6.32. The Bertz CT molecular complexity index is 478. The van der Waals surface area contributed by atoms with Gasteiger partial charge in [-0.3, -0.25) is 0 Å². The summed E-state index contributed by atoms with van der Waals surface area (Å²) in [7, 11) is 2.23. The zero-order valence-electron chi connectivity index (χ0n) is 14.3. The number of benzene rings is 1. The summed E-state index contributed by atoms with van der Waals surface area (Å²) in [5, 5.41) is 3.77. The molecule has 1 atom stereocenters. The van der Waals surface area contributed by atoms with Crippen molar-refractivity contribution in [3.63, 3.8) is 0 Å². The summed E-state index contributed by atoms with van der Waals surface area (Å²) in [6, 6.07) is 7.63. The number of hydrogen-bond donors (Lipinski definition) is 1. The van der Waals surface area contributed by atoms with Crippen LogP contribution in [-0.2, 0) is 12.8 Å². The van der Waals surface area contributed by atoms with Crippen molar-refractivity contribution >= 4 is 5.69 Å². The molecular formula is C19H31N3. The van der Waals surface area contributed by atoms with E-state index in [9.17, 15) is 0 Å². The highest BCUT2D eigenvalue weighted by atomic mass is 15.2. The van der Waals surface area contributed by atoms with Crippen LogP contribution in [0.25, 0.3) is 0 Å². The number of aryl methyl sites for hydroxylation is 1. The molecule has 3 rings (SSSR count). The Balaban J connectivity index is 1.71. The van der Waals surface area contributed by atoms with E-state index in [0.717, 1.165) is 0 Å². The lowest BCUT2D eigenvalue weighted by atomic mass is 9.86. The van der Waals surface area contributed by atoms with Crippen molar-refractivity contribution in [1.29, 1.82) is 0 Å². The number of nitrogens with one attached hydrogen (secondary N) is 1. The lowest BCUT2D eigenvalue weighted by Gasteiger charge is -2.37. The van der Waals surface area contributed by atoms with Gasteiger partial charge in [0.2, 0.25) is 0 Å². The lowest BCUT2D eigenvalue weighted by Crippen LogP contribution is -2.45. The maximum atomic E-state index is 3.77. The van der Waals surface area contributed by atoms with Crippen LogP contribution in [-0.4, -0.2) is 50.7 Å². The number of nitrogens with zero attached hydrogens (tertiary/aromatic N) is 2. The average Bonchev–Trinajstić information content (AvgIpc) is 2.55. The Labute approximate surface area is 135 Å². The number of hydrogen-bond acceptors (Lipinski definition) is 3. The van der Waals surface area contributed by atoms with E-state index < -0.39 is 0 Å². The van der Waals surface area contributed by atoms with Gasteiger partial charge in [0.15, 0.2) is 0 Å². The summed E-state index contributed by atoms with van der Waals surface area (Å²) >= 11 is 0.